The predicted molar refractivity (Wildman–Crippen MR) is 49.4 cm³/mol. The van der Waals surface area contributed by atoms with Gasteiger partial charge in [0, 0.05) is 20.1 Å². The molecule has 0 aliphatic carbocycles. The molecule has 5 nitrogen and oxygen atoms in total. The molecule has 70 valence electrons. The summed E-state index contributed by atoms with van der Waals surface area (Å²) in [6.45, 7) is 4.09. The molecule has 0 amide bonds. The molecule has 1 aromatic rings. The van der Waals surface area contributed by atoms with Crippen LogP contribution in [0.1, 0.15) is 13.3 Å². The first-order valence-corrected chi connectivity index (χ1v) is 4.40. The van der Waals surface area contributed by atoms with Gasteiger partial charge in [-0.3, -0.25) is 0 Å². The SMILES string of the molecule is CC1=CCN(c2nnnn2C)CC1. The van der Waals surface area contributed by atoms with Gasteiger partial charge in [0.25, 0.3) is 0 Å². The first-order chi connectivity index (χ1) is 6.27. The van der Waals surface area contributed by atoms with Gasteiger partial charge in [-0.15, -0.1) is 0 Å². The lowest BCUT2D eigenvalue weighted by Gasteiger charge is -2.24. The third kappa shape index (κ3) is 1.54. The number of hydrogen-bond acceptors (Lipinski definition) is 4. The number of tetrazole rings is 1. The molecule has 1 aromatic heterocycles. The fourth-order valence-corrected chi connectivity index (χ4v) is 1.44. The third-order valence-corrected chi connectivity index (χ3v) is 2.32. The van der Waals surface area contributed by atoms with Gasteiger partial charge in [-0.05, 0) is 23.8 Å². The largest absolute Gasteiger partial charge is 0.336 e. The summed E-state index contributed by atoms with van der Waals surface area (Å²) in [5.41, 5.74) is 1.45. The van der Waals surface area contributed by atoms with Crippen LogP contribution >= 0.6 is 0 Å². The Hall–Kier alpha value is -1.39. The van der Waals surface area contributed by atoms with Crippen molar-refractivity contribution in [3.63, 3.8) is 0 Å². The molecular weight excluding hydrogens is 166 g/mol. The van der Waals surface area contributed by atoms with Crippen molar-refractivity contribution in [3.05, 3.63) is 11.6 Å². The molecule has 0 aromatic carbocycles. The Morgan fingerprint density at radius 3 is 2.85 bits per heavy atom. The second-order valence-corrected chi connectivity index (χ2v) is 3.35. The van der Waals surface area contributed by atoms with Gasteiger partial charge in [0.15, 0.2) is 0 Å². The van der Waals surface area contributed by atoms with Crippen molar-refractivity contribution in [3.8, 4) is 0 Å². The molecule has 0 bridgehead atoms. The highest BCUT2D eigenvalue weighted by atomic mass is 15.6. The van der Waals surface area contributed by atoms with Gasteiger partial charge >= 0.3 is 0 Å². The molecule has 13 heavy (non-hydrogen) atoms. The molecule has 2 rings (SSSR count). The van der Waals surface area contributed by atoms with Gasteiger partial charge in [0.05, 0.1) is 0 Å². The maximum absolute atomic E-state index is 3.96. The summed E-state index contributed by atoms with van der Waals surface area (Å²) in [4.78, 5) is 2.17. The Morgan fingerprint density at radius 1 is 1.46 bits per heavy atom. The van der Waals surface area contributed by atoms with Gasteiger partial charge in [0.1, 0.15) is 0 Å². The van der Waals surface area contributed by atoms with E-state index in [4.69, 9.17) is 0 Å². The van der Waals surface area contributed by atoms with Crippen LogP contribution in [0, 0.1) is 0 Å². The first-order valence-electron chi connectivity index (χ1n) is 4.40. The maximum atomic E-state index is 3.96. The highest BCUT2D eigenvalue weighted by Crippen LogP contribution is 2.14. The molecule has 0 atom stereocenters. The Labute approximate surface area is 77.0 Å². The molecule has 0 radical (unpaired) electrons. The highest BCUT2D eigenvalue weighted by molar-refractivity contribution is 5.32. The number of anilines is 1. The normalized spacial score (nSPS) is 17.4. The number of nitrogens with zero attached hydrogens (tertiary/aromatic N) is 5. The molecule has 2 heterocycles. The van der Waals surface area contributed by atoms with Crippen LogP contribution in [-0.4, -0.2) is 33.3 Å². The van der Waals surface area contributed by atoms with Crippen LogP contribution in [0.5, 0.6) is 0 Å². The zero-order valence-electron chi connectivity index (χ0n) is 7.93. The molecule has 0 N–H and O–H groups in total. The van der Waals surface area contributed by atoms with Crippen LogP contribution in [0.15, 0.2) is 11.6 Å². The zero-order valence-corrected chi connectivity index (χ0v) is 7.93. The Kier molecular flexibility index (Phi) is 2.00. The lowest BCUT2D eigenvalue weighted by molar-refractivity contribution is 0.679. The zero-order chi connectivity index (χ0) is 9.26. The van der Waals surface area contributed by atoms with Crippen LogP contribution in [0.2, 0.25) is 0 Å². The van der Waals surface area contributed by atoms with Gasteiger partial charge in [-0.2, -0.15) is 0 Å². The summed E-state index contributed by atoms with van der Waals surface area (Å²) in [5, 5.41) is 11.4. The van der Waals surface area contributed by atoms with Crippen molar-refractivity contribution in [1.29, 1.82) is 0 Å². The smallest absolute Gasteiger partial charge is 0.245 e. The Balaban J connectivity index is 2.16. The van der Waals surface area contributed by atoms with Crippen LogP contribution in [-0.2, 0) is 7.05 Å². The third-order valence-electron chi connectivity index (χ3n) is 2.32. The first kappa shape index (κ1) is 8.22. The van der Waals surface area contributed by atoms with Crippen molar-refractivity contribution in [2.45, 2.75) is 13.3 Å². The minimum Gasteiger partial charge on any atom is -0.336 e. The van der Waals surface area contributed by atoms with Crippen LogP contribution in [0.4, 0.5) is 5.95 Å². The maximum Gasteiger partial charge on any atom is 0.245 e. The van der Waals surface area contributed by atoms with Crippen LogP contribution < -0.4 is 4.90 Å². The van der Waals surface area contributed by atoms with E-state index in [9.17, 15) is 0 Å². The van der Waals surface area contributed by atoms with Crippen molar-refractivity contribution >= 4 is 5.95 Å². The molecule has 5 heteroatoms. The van der Waals surface area contributed by atoms with Crippen LogP contribution in [0.25, 0.3) is 0 Å². The van der Waals surface area contributed by atoms with Crippen LogP contribution in [0.3, 0.4) is 0 Å². The topological polar surface area (TPSA) is 46.8 Å². The van der Waals surface area contributed by atoms with Gasteiger partial charge in [-0.25, -0.2) is 4.68 Å². The van der Waals surface area contributed by atoms with Crippen molar-refractivity contribution in [1.82, 2.24) is 20.2 Å². The van der Waals surface area contributed by atoms with E-state index in [2.05, 4.69) is 33.4 Å². The molecule has 0 saturated carbocycles. The highest BCUT2D eigenvalue weighted by Gasteiger charge is 2.14. The van der Waals surface area contributed by atoms with Gasteiger partial charge in [-0.1, -0.05) is 16.7 Å². The van der Waals surface area contributed by atoms with Crippen molar-refractivity contribution in [2.75, 3.05) is 18.0 Å². The molecule has 0 spiro atoms. The second kappa shape index (κ2) is 3.16. The Morgan fingerprint density at radius 2 is 2.31 bits per heavy atom. The summed E-state index contributed by atoms with van der Waals surface area (Å²) in [5.74, 6) is 0.851. The van der Waals surface area contributed by atoms with Crippen molar-refractivity contribution < 1.29 is 0 Å². The quantitative estimate of drug-likeness (QED) is 0.584. The molecular formula is C8H13N5. The van der Waals surface area contributed by atoms with E-state index in [1.165, 1.54) is 5.57 Å². The Bertz CT molecular complexity index is 327. The van der Waals surface area contributed by atoms with E-state index >= 15 is 0 Å². The number of aryl methyl sites for hydroxylation is 1. The van der Waals surface area contributed by atoms with Gasteiger partial charge < -0.3 is 4.90 Å². The fraction of sp³-hybridized carbons (Fsp3) is 0.625. The summed E-state index contributed by atoms with van der Waals surface area (Å²) < 4.78 is 1.70. The van der Waals surface area contributed by atoms with E-state index in [1.54, 1.807) is 4.68 Å². The fourth-order valence-electron chi connectivity index (χ4n) is 1.44. The lowest BCUT2D eigenvalue weighted by Crippen LogP contribution is -2.30. The lowest BCUT2D eigenvalue weighted by atomic mass is 10.1. The van der Waals surface area contributed by atoms with E-state index in [0.717, 1.165) is 25.5 Å². The molecule has 0 saturated heterocycles. The summed E-state index contributed by atoms with van der Waals surface area (Å²) in [6.07, 6.45) is 3.32. The minimum atomic E-state index is 0.851. The average molecular weight is 179 g/mol. The van der Waals surface area contributed by atoms with Crippen molar-refractivity contribution in [2.24, 2.45) is 7.05 Å². The standard InChI is InChI=1S/C8H13N5/c1-7-3-5-13(6-4-7)8-9-10-11-12(8)2/h3H,4-6H2,1-2H3. The molecule has 0 unspecified atom stereocenters. The number of rotatable bonds is 1. The molecule has 0 fully saturated rings. The van der Waals surface area contributed by atoms with Gasteiger partial charge in [0.2, 0.25) is 5.95 Å². The molecule has 1 aliphatic heterocycles. The number of aromatic nitrogens is 4. The van der Waals surface area contributed by atoms with E-state index in [-0.39, 0.29) is 0 Å². The summed E-state index contributed by atoms with van der Waals surface area (Å²) >= 11 is 0. The number of hydrogen-bond donors (Lipinski definition) is 0. The van der Waals surface area contributed by atoms with E-state index in [0.29, 0.717) is 0 Å². The molecule has 1 aliphatic rings. The van der Waals surface area contributed by atoms with E-state index in [1.807, 2.05) is 7.05 Å². The summed E-state index contributed by atoms with van der Waals surface area (Å²) in [6, 6.07) is 0. The average Bonchev–Trinajstić information content (AvgIpc) is 2.53. The predicted octanol–water partition coefficient (Wildman–Crippen LogP) is 0.366. The minimum absolute atomic E-state index is 0.851. The van der Waals surface area contributed by atoms with E-state index < -0.39 is 0 Å². The second-order valence-electron chi connectivity index (χ2n) is 3.35. The summed E-state index contributed by atoms with van der Waals surface area (Å²) in [7, 11) is 1.86. The monoisotopic (exact) mass is 179 g/mol.